The van der Waals surface area contributed by atoms with Crippen molar-refractivity contribution in [1.82, 2.24) is 9.36 Å². The molecule has 3 rings (SSSR count). The van der Waals surface area contributed by atoms with Crippen LogP contribution < -0.4 is 10.5 Å². The summed E-state index contributed by atoms with van der Waals surface area (Å²) in [5.41, 5.74) is 6.28. The molecule has 1 saturated carbocycles. The Morgan fingerprint density at radius 2 is 2.24 bits per heavy atom. The SMILES string of the molecule is Nc1ccc(Cl)c(Oc2nc(C3CC3)ns2)c1. The van der Waals surface area contributed by atoms with Crippen molar-refractivity contribution in [3.8, 4) is 10.9 Å². The van der Waals surface area contributed by atoms with Crippen molar-refractivity contribution >= 4 is 28.8 Å². The lowest BCUT2D eigenvalue weighted by Crippen LogP contribution is -1.89. The molecule has 0 amide bonds. The van der Waals surface area contributed by atoms with Crippen LogP contribution in [0.25, 0.3) is 0 Å². The minimum atomic E-state index is 0.513. The Morgan fingerprint density at radius 1 is 1.41 bits per heavy atom. The zero-order valence-electron chi connectivity index (χ0n) is 8.89. The van der Waals surface area contributed by atoms with Gasteiger partial charge >= 0.3 is 0 Å². The van der Waals surface area contributed by atoms with E-state index in [-0.39, 0.29) is 0 Å². The second-order valence-corrected chi connectivity index (χ2v) is 5.11. The van der Waals surface area contributed by atoms with Gasteiger partial charge in [-0.2, -0.15) is 9.36 Å². The Balaban J connectivity index is 1.82. The van der Waals surface area contributed by atoms with Crippen LogP contribution in [0.2, 0.25) is 5.02 Å². The van der Waals surface area contributed by atoms with E-state index in [1.54, 1.807) is 18.2 Å². The maximum atomic E-state index is 6.00. The van der Waals surface area contributed by atoms with E-state index in [2.05, 4.69) is 9.36 Å². The molecule has 0 radical (unpaired) electrons. The average molecular weight is 268 g/mol. The lowest BCUT2D eigenvalue weighted by atomic mass is 10.3. The predicted molar refractivity (Wildman–Crippen MR) is 67.8 cm³/mol. The average Bonchev–Trinajstić information content (AvgIpc) is 3.05. The van der Waals surface area contributed by atoms with Crippen molar-refractivity contribution in [2.75, 3.05) is 5.73 Å². The highest BCUT2D eigenvalue weighted by molar-refractivity contribution is 7.07. The minimum absolute atomic E-state index is 0.513. The number of benzene rings is 1. The molecule has 4 nitrogen and oxygen atoms in total. The minimum Gasteiger partial charge on any atom is -0.428 e. The Hall–Kier alpha value is -1.33. The molecule has 1 aromatic carbocycles. The smallest absolute Gasteiger partial charge is 0.298 e. The van der Waals surface area contributed by atoms with Gasteiger partial charge in [-0.1, -0.05) is 11.6 Å². The van der Waals surface area contributed by atoms with Gasteiger partial charge in [-0.3, -0.25) is 0 Å². The predicted octanol–water partition coefficient (Wildman–Crippen LogP) is 3.44. The summed E-state index contributed by atoms with van der Waals surface area (Å²) >= 11 is 7.25. The molecule has 0 unspecified atom stereocenters. The quantitative estimate of drug-likeness (QED) is 0.866. The number of nitrogens with zero attached hydrogens (tertiary/aromatic N) is 2. The van der Waals surface area contributed by atoms with Crippen LogP contribution in [0.1, 0.15) is 24.6 Å². The van der Waals surface area contributed by atoms with E-state index in [4.69, 9.17) is 22.1 Å². The van der Waals surface area contributed by atoms with E-state index in [9.17, 15) is 0 Å². The third-order valence-corrected chi connectivity index (χ3v) is 3.44. The van der Waals surface area contributed by atoms with Crippen molar-refractivity contribution < 1.29 is 4.74 Å². The summed E-state index contributed by atoms with van der Waals surface area (Å²) in [7, 11) is 0. The van der Waals surface area contributed by atoms with Gasteiger partial charge in [0.05, 0.1) is 5.02 Å². The lowest BCUT2D eigenvalue weighted by molar-refractivity contribution is 0.477. The van der Waals surface area contributed by atoms with E-state index in [0.717, 1.165) is 5.82 Å². The molecule has 2 aromatic rings. The Kier molecular flexibility index (Phi) is 2.64. The number of halogens is 1. The normalized spacial score (nSPS) is 14.9. The Morgan fingerprint density at radius 3 is 3.00 bits per heavy atom. The zero-order valence-corrected chi connectivity index (χ0v) is 10.5. The number of nitrogens with two attached hydrogens (primary N) is 1. The Labute approximate surface area is 108 Å². The van der Waals surface area contributed by atoms with Crippen LogP contribution in [0.5, 0.6) is 10.9 Å². The van der Waals surface area contributed by atoms with Gasteiger partial charge in [-0.05, 0) is 25.0 Å². The van der Waals surface area contributed by atoms with Crippen LogP contribution in [0.4, 0.5) is 5.69 Å². The third kappa shape index (κ3) is 2.35. The summed E-state index contributed by atoms with van der Waals surface area (Å²) < 4.78 is 9.84. The summed E-state index contributed by atoms with van der Waals surface area (Å²) in [5.74, 6) is 1.93. The molecule has 0 atom stereocenters. The number of rotatable bonds is 3. The summed E-state index contributed by atoms with van der Waals surface area (Å²) in [6.07, 6.45) is 2.35. The molecule has 2 N–H and O–H groups in total. The van der Waals surface area contributed by atoms with Crippen LogP contribution in [-0.2, 0) is 0 Å². The first kappa shape index (κ1) is 10.8. The molecule has 1 heterocycles. The molecular weight excluding hydrogens is 258 g/mol. The highest BCUT2D eigenvalue weighted by Gasteiger charge is 2.28. The first-order valence-electron chi connectivity index (χ1n) is 5.29. The maximum absolute atomic E-state index is 6.00. The van der Waals surface area contributed by atoms with Crippen molar-refractivity contribution in [1.29, 1.82) is 0 Å². The molecule has 0 spiro atoms. The fourth-order valence-electron chi connectivity index (χ4n) is 1.46. The van der Waals surface area contributed by atoms with E-state index in [1.165, 1.54) is 24.4 Å². The van der Waals surface area contributed by atoms with Crippen molar-refractivity contribution in [2.45, 2.75) is 18.8 Å². The van der Waals surface area contributed by atoms with Gasteiger partial charge in [0.15, 0.2) is 5.75 Å². The number of aromatic nitrogens is 2. The summed E-state index contributed by atoms with van der Waals surface area (Å²) in [6.45, 7) is 0. The van der Waals surface area contributed by atoms with Crippen LogP contribution >= 0.6 is 23.1 Å². The number of hydrogen-bond acceptors (Lipinski definition) is 5. The molecular formula is C11H10ClN3OS. The summed E-state index contributed by atoms with van der Waals surface area (Å²) in [5, 5.41) is 1.03. The molecule has 0 saturated heterocycles. The Bertz CT molecular complexity index is 553. The standard InChI is InChI=1S/C11H10ClN3OS/c12-8-4-3-7(13)5-9(8)16-11-14-10(15-17-11)6-1-2-6/h3-6H,1-2,13H2. The largest absolute Gasteiger partial charge is 0.428 e. The number of ether oxygens (including phenoxy) is 1. The topological polar surface area (TPSA) is 61.0 Å². The fourth-order valence-corrected chi connectivity index (χ4v) is 2.24. The van der Waals surface area contributed by atoms with Gasteiger partial charge in [-0.25, -0.2) is 0 Å². The van der Waals surface area contributed by atoms with Gasteiger partial charge in [0.25, 0.3) is 5.19 Å². The van der Waals surface area contributed by atoms with Gasteiger partial charge in [-0.15, -0.1) is 0 Å². The highest BCUT2D eigenvalue weighted by atomic mass is 35.5. The van der Waals surface area contributed by atoms with E-state index in [1.807, 2.05) is 0 Å². The molecule has 1 fully saturated rings. The molecule has 1 aromatic heterocycles. The van der Waals surface area contributed by atoms with Crippen molar-refractivity contribution in [2.24, 2.45) is 0 Å². The molecule has 6 heteroatoms. The zero-order chi connectivity index (χ0) is 11.8. The summed E-state index contributed by atoms with van der Waals surface area (Å²) in [6, 6.07) is 5.11. The molecule has 88 valence electrons. The van der Waals surface area contributed by atoms with Gasteiger partial charge < -0.3 is 10.5 Å². The van der Waals surface area contributed by atoms with Gasteiger partial charge in [0.2, 0.25) is 0 Å². The van der Waals surface area contributed by atoms with E-state index in [0.29, 0.717) is 27.6 Å². The van der Waals surface area contributed by atoms with Crippen LogP contribution in [0.15, 0.2) is 18.2 Å². The molecule has 0 bridgehead atoms. The van der Waals surface area contributed by atoms with Gasteiger partial charge in [0, 0.05) is 29.2 Å². The molecule has 1 aliphatic carbocycles. The number of anilines is 1. The van der Waals surface area contributed by atoms with E-state index >= 15 is 0 Å². The third-order valence-electron chi connectivity index (χ3n) is 2.52. The molecule has 0 aliphatic heterocycles. The molecule has 17 heavy (non-hydrogen) atoms. The second kappa shape index (κ2) is 4.16. The lowest BCUT2D eigenvalue weighted by Gasteiger charge is -2.04. The molecule has 1 aliphatic rings. The fraction of sp³-hybridized carbons (Fsp3) is 0.273. The first-order chi connectivity index (χ1) is 8.22. The van der Waals surface area contributed by atoms with Crippen LogP contribution in [-0.4, -0.2) is 9.36 Å². The van der Waals surface area contributed by atoms with Crippen molar-refractivity contribution in [3.63, 3.8) is 0 Å². The van der Waals surface area contributed by atoms with E-state index < -0.39 is 0 Å². The highest BCUT2D eigenvalue weighted by Crippen LogP contribution is 2.40. The van der Waals surface area contributed by atoms with Crippen molar-refractivity contribution in [3.05, 3.63) is 29.0 Å². The second-order valence-electron chi connectivity index (χ2n) is 3.98. The number of nitrogen functional groups attached to an aromatic ring is 1. The monoisotopic (exact) mass is 267 g/mol. The summed E-state index contributed by atoms with van der Waals surface area (Å²) in [4.78, 5) is 4.32. The first-order valence-corrected chi connectivity index (χ1v) is 6.44. The maximum Gasteiger partial charge on any atom is 0.298 e. The van der Waals surface area contributed by atoms with Crippen LogP contribution in [0.3, 0.4) is 0 Å². The van der Waals surface area contributed by atoms with Crippen LogP contribution in [0, 0.1) is 0 Å². The van der Waals surface area contributed by atoms with Gasteiger partial charge in [0.1, 0.15) is 5.82 Å². The number of hydrogen-bond donors (Lipinski definition) is 1.